The normalized spacial score (nSPS) is 18.3. The number of aryl methyl sites for hydroxylation is 1. The Balaban J connectivity index is 0.658. The van der Waals surface area contributed by atoms with Gasteiger partial charge in [-0.15, -0.1) is 10.2 Å². The van der Waals surface area contributed by atoms with Gasteiger partial charge in [0.15, 0.2) is 5.82 Å². The predicted octanol–water partition coefficient (Wildman–Crippen LogP) is 9.69. The Morgan fingerprint density at radius 3 is 2.34 bits per heavy atom. The lowest BCUT2D eigenvalue weighted by atomic mass is 9.90. The number of phenols is 2. The maximum atomic E-state index is 13.5. The van der Waals surface area contributed by atoms with Crippen LogP contribution in [0.5, 0.6) is 17.5 Å². The summed E-state index contributed by atoms with van der Waals surface area (Å²) in [6.45, 7) is 12.0. The number of fused-ring (bicyclic) bond motifs is 2. The number of amides is 3. The van der Waals surface area contributed by atoms with Crippen molar-refractivity contribution >= 4 is 51.6 Å². The van der Waals surface area contributed by atoms with Crippen LogP contribution in [-0.4, -0.2) is 158 Å². The van der Waals surface area contributed by atoms with Crippen molar-refractivity contribution in [3.63, 3.8) is 0 Å². The van der Waals surface area contributed by atoms with Crippen molar-refractivity contribution in [3.05, 3.63) is 154 Å². The van der Waals surface area contributed by atoms with Gasteiger partial charge in [-0.25, -0.2) is 0 Å². The van der Waals surface area contributed by atoms with Crippen molar-refractivity contribution in [1.82, 2.24) is 50.1 Å². The van der Waals surface area contributed by atoms with Crippen molar-refractivity contribution < 1.29 is 42.5 Å². The van der Waals surface area contributed by atoms with Gasteiger partial charge >= 0.3 is 12.2 Å². The van der Waals surface area contributed by atoms with Gasteiger partial charge in [0, 0.05) is 86.2 Å². The molecular formula is C68H75ClF3N13O6. The molecule has 4 N–H and O–H groups in total. The fourth-order valence-electron chi connectivity index (χ4n) is 13.2. The standard InChI is InChI=1S/C68H75ClF3N13O6/c1-5-61(89)84-31-30-83(38-50(84)22-26-73)63-52-25-29-82(57-11-7-9-47-8-6-10-55(69)62(47)57)39-56(52)76-67(77-63)91-40-51-33-48(37-80(51)4)75-60(88)21-18-43-12-14-46(15-13-43)36-81-27-23-45(24-28-81)32-44-16-19-49(20-17-44)85-64(54-34-53(42(2)3)58(86)35-59(54)87)78-79-65(85)66(90)74-41-68(70,71)72/h5-17,19-20,34-35,42,45,48,50-51,86-87H,1,18,21-25,27-33,36-41H2,2-4H3,(H,74,90)(H,75,88)/t48-,50-,51-/m0/s1. The van der Waals surface area contributed by atoms with Crippen LogP contribution in [0.1, 0.15) is 96.0 Å². The average Bonchev–Trinajstić information content (AvgIpc) is 1.85. The predicted molar refractivity (Wildman–Crippen MR) is 341 cm³/mol. The summed E-state index contributed by atoms with van der Waals surface area (Å²) in [6, 6.07) is 32.8. The summed E-state index contributed by atoms with van der Waals surface area (Å²) >= 11 is 6.81. The van der Waals surface area contributed by atoms with E-state index >= 15 is 0 Å². The first kappa shape index (κ1) is 63.8. The molecule has 2 aromatic heterocycles. The van der Waals surface area contributed by atoms with Crippen LogP contribution in [0.4, 0.5) is 24.7 Å². The molecule has 91 heavy (non-hydrogen) atoms. The van der Waals surface area contributed by atoms with Gasteiger partial charge in [0.1, 0.15) is 30.5 Å². The van der Waals surface area contributed by atoms with Gasteiger partial charge in [-0.3, -0.25) is 28.8 Å². The minimum Gasteiger partial charge on any atom is -0.508 e. The zero-order valence-corrected chi connectivity index (χ0v) is 52.1. The van der Waals surface area contributed by atoms with Gasteiger partial charge in [0.25, 0.3) is 5.91 Å². The third-order valence-corrected chi connectivity index (χ3v) is 18.4. The van der Waals surface area contributed by atoms with Crippen LogP contribution in [0.3, 0.4) is 0 Å². The lowest BCUT2D eigenvalue weighted by Crippen LogP contribution is -2.55. The maximum absolute atomic E-state index is 13.5. The van der Waals surface area contributed by atoms with E-state index < -0.39 is 24.5 Å². The molecule has 6 heterocycles. The van der Waals surface area contributed by atoms with Gasteiger partial charge < -0.3 is 40.3 Å². The molecule has 11 rings (SSSR count). The molecule has 3 saturated heterocycles. The topological polar surface area (TPSA) is 221 Å². The molecular weight excluding hydrogens is 1190 g/mol. The molecule has 3 atom stereocenters. The second-order valence-corrected chi connectivity index (χ2v) is 25.0. The lowest BCUT2D eigenvalue weighted by Gasteiger charge is -2.42. The first-order valence-corrected chi connectivity index (χ1v) is 31.4. The minimum absolute atomic E-state index is 0.00906. The van der Waals surface area contributed by atoms with E-state index in [4.69, 9.17) is 26.3 Å². The highest BCUT2D eigenvalue weighted by Crippen LogP contribution is 2.40. The van der Waals surface area contributed by atoms with Gasteiger partial charge in [0.05, 0.1) is 41.4 Å². The van der Waals surface area contributed by atoms with E-state index in [2.05, 4.69) is 90.2 Å². The van der Waals surface area contributed by atoms with Crippen molar-refractivity contribution in [2.45, 2.75) is 109 Å². The van der Waals surface area contributed by atoms with Gasteiger partial charge in [0.2, 0.25) is 17.6 Å². The number of carbonyl (C=O) groups is 3. The van der Waals surface area contributed by atoms with Crippen LogP contribution >= 0.6 is 11.6 Å². The zero-order chi connectivity index (χ0) is 64.1. The molecule has 4 aliphatic rings. The van der Waals surface area contributed by atoms with Crippen LogP contribution in [0.15, 0.2) is 110 Å². The number of piperazine rings is 1. The Labute approximate surface area is 532 Å². The van der Waals surface area contributed by atoms with Crippen LogP contribution < -0.4 is 25.2 Å². The summed E-state index contributed by atoms with van der Waals surface area (Å²) in [4.78, 5) is 60.4. The summed E-state index contributed by atoms with van der Waals surface area (Å²) in [7, 11) is 2.03. The fourth-order valence-corrected chi connectivity index (χ4v) is 13.5. The number of alkyl halides is 3. The van der Waals surface area contributed by atoms with E-state index in [1.54, 1.807) is 17.0 Å². The molecule has 0 radical (unpaired) electrons. The number of hydrogen-bond donors (Lipinski definition) is 4. The lowest BCUT2D eigenvalue weighted by molar-refractivity contribution is -0.128. The number of hydrogen-bond acceptors (Lipinski definition) is 15. The number of phenolic OH excluding ortho intramolecular Hbond substituents is 2. The Morgan fingerprint density at radius 2 is 1.62 bits per heavy atom. The highest BCUT2D eigenvalue weighted by molar-refractivity contribution is 6.36. The summed E-state index contributed by atoms with van der Waals surface area (Å²) in [5, 5.41) is 47.2. The molecule has 5 aromatic carbocycles. The molecule has 0 unspecified atom stereocenters. The van der Waals surface area contributed by atoms with E-state index in [0.717, 1.165) is 83.6 Å². The van der Waals surface area contributed by atoms with Crippen LogP contribution in [0.25, 0.3) is 27.8 Å². The van der Waals surface area contributed by atoms with E-state index in [1.165, 1.54) is 28.3 Å². The minimum atomic E-state index is -4.65. The first-order chi connectivity index (χ1) is 43.8. The smallest absolute Gasteiger partial charge is 0.405 e. The first-order valence-electron chi connectivity index (χ1n) is 31.0. The van der Waals surface area contributed by atoms with Crippen LogP contribution in [0, 0.1) is 17.2 Å². The van der Waals surface area contributed by atoms with Crippen LogP contribution in [0.2, 0.25) is 5.02 Å². The average molecular weight is 1260 g/mol. The molecule has 7 aromatic rings. The van der Waals surface area contributed by atoms with E-state index in [1.807, 2.05) is 56.5 Å². The van der Waals surface area contributed by atoms with E-state index in [-0.39, 0.29) is 71.2 Å². The number of nitrogens with one attached hydrogen (secondary N) is 2. The number of carbonyl (C=O) groups excluding carboxylic acids is 3. The molecule has 4 aliphatic heterocycles. The molecule has 0 aliphatic carbocycles. The Morgan fingerprint density at radius 1 is 0.879 bits per heavy atom. The number of ether oxygens (including phenoxy) is 1. The third-order valence-electron chi connectivity index (χ3n) is 18.0. The number of anilines is 2. The monoisotopic (exact) mass is 1260 g/mol. The molecule has 3 fully saturated rings. The molecule has 0 bridgehead atoms. The summed E-state index contributed by atoms with van der Waals surface area (Å²) in [5.41, 5.74) is 7.27. The quantitative estimate of drug-likeness (QED) is 0.0522. The Bertz CT molecular complexity index is 3850. The van der Waals surface area contributed by atoms with Gasteiger partial charge in [-0.1, -0.05) is 92.7 Å². The molecule has 0 saturated carbocycles. The summed E-state index contributed by atoms with van der Waals surface area (Å²) in [5.74, 6) is -1.11. The summed E-state index contributed by atoms with van der Waals surface area (Å²) in [6.07, 6.45) is 1.91. The largest absolute Gasteiger partial charge is 0.508 e. The molecule has 23 heteroatoms. The number of nitriles is 1. The highest BCUT2D eigenvalue weighted by atomic mass is 35.5. The molecule has 19 nitrogen and oxygen atoms in total. The number of aromatic nitrogens is 5. The van der Waals surface area contributed by atoms with E-state index in [9.17, 15) is 43.0 Å². The maximum Gasteiger partial charge on any atom is 0.405 e. The number of rotatable bonds is 20. The second-order valence-electron chi connectivity index (χ2n) is 24.6. The van der Waals surface area contributed by atoms with Crippen molar-refractivity contribution in [3.8, 4) is 40.7 Å². The number of piperidine rings is 1. The van der Waals surface area contributed by atoms with Gasteiger partial charge in [-0.2, -0.15) is 28.4 Å². The Kier molecular flexibility index (Phi) is 19.5. The number of likely N-dealkylation sites (N-methyl/N-ethyl adjacent to an activating group) is 1. The highest BCUT2D eigenvalue weighted by Gasteiger charge is 2.36. The number of likely N-dealkylation sites (tertiary alicyclic amines) is 2. The van der Waals surface area contributed by atoms with E-state index in [0.29, 0.717) is 93.8 Å². The number of benzene rings is 5. The molecule has 0 spiro atoms. The number of aromatic hydroxyl groups is 2. The van der Waals surface area contributed by atoms with Crippen molar-refractivity contribution in [2.75, 3.05) is 75.8 Å². The van der Waals surface area contributed by atoms with Gasteiger partial charge in [-0.05, 0) is 135 Å². The SMILES string of the molecule is C=CC(=O)N1CCN(c2nc(OC[C@@H]3C[C@H](NC(=O)CCc4ccc(CN5CCC(Cc6ccc(-n7c(C(=O)NCC(F)(F)F)nnc7-c7cc(C(C)C)c(O)cc7O)cc6)CC5)cc4)CN3C)nc3c2CCN(c2cccc4cccc(Cl)c24)C3)C[C@@H]1CC#N. The zero-order valence-electron chi connectivity index (χ0n) is 51.3. The van der Waals surface area contributed by atoms with Crippen LogP contribution in [-0.2, 0) is 41.9 Å². The summed E-state index contributed by atoms with van der Waals surface area (Å²) < 4.78 is 47.3. The van der Waals surface area contributed by atoms with Crippen molar-refractivity contribution in [2.24, 2.45) is 5.92 Å². The molecule has 476 valence electrons. The second kappa shape index (κ2) is 27.8. The fraction of sp³-hybridized carbons (Fsp3) is 0.412. The van der Waals surface area contributed by atoms with Crippen molar-refractivity contribution in [1.29, 1.82) is 5.26 Å². The molecule has 3 amide bonds. The third kappa shape index (κ3) is 14.9. The Hall–Kier alpha value is -8.78. The number of halogens is 4. The number of nitrogens with zero attached hydrogens (tertiary/aromatic N) is 11.